The molecule has 0 fully saturated rings. The lowest BCUT2D eigenvalue weighted by atomic mass is 10.1. The van der Waals surface area contributed by atoms with Crippen molar-refractivity contribution in [1.82, 2.24) is 5.32 Å². The van der Waals surface area contributed by atoms with E-state index >= 15 is 0 Å². The highest BCUT2D eigenvalue weighted by atomic mass is 16.4. The summed E-state index contributed by atoms with van der Waals surface area (Å²) >= 11 is 0. The second-order valence-electron chi connectivity index (χ2n) is 3.75. The predicted molar refractivity (Wildman–Crippen MR) is 71.0 cm³/mol. The maximum Gasteiger partial charge on any atom is 0.323 e. The van der Waals surface area contributed by atoms with Crippen molar-refractivity contribution in [3.8, 4) is 0 Å². The maximum absolute atomic E-state index is 10.4. The number of carbonyl (C=O) groups is 3. The van der Waals surface area contributed by atoms with Crippen molar-refractivity contribution in [1.29, 1.82) is 0 Å². The van der Waals surface area contributed by atoms with Crippen LogP contribution in [0.25, 0.3) is 0 Å². The van der Waals surface area contributed by atoms with Gasteiger partial charge in [-0.05, 0) is 12.0 Å². The number of carboxylic acids is 2. The molecule has 0 heterocycles. The van der Waals surface area contributed by atoms with Crippen LogP contribution in [-0.2, 0) is 16.0 Å². The molecule has 0 aliphatic carbocycles. The van der Waals surface area contributed by atoms with E-state index in [2.05, 4.69) is 5.73 Å². The minimum Gasteiger partial charge on any atom is -0.480 e. The van der Waals surface area contributed by atoms with E-state index in [1.807, 2.05) is 35.6 Å². The molecule has 0 unspecified atom stereocenters. The van der Waals surface area contributed by atoms with Gasteiger partial charge in [0, 0.05) is 0 Å². The summed E-state index contributed by atoms with van der Waals surface area (Å²) < 4.78 is 0. The molecule has 0 bridgehead atoms. The molecule has 7 N–H and O–H groups in total. The molecule has 0 saturated heterocycles. The molecule has 0 aliphatic rings. The zero-order valence-electron chi connectivity index (χ0n) is 10.7. The van der Waals surface area contributed by atoms with Gasteiger partial charge in [0.05, 0.1) is 0 Å². The SMILES string of the molecule is NC(=O)NCC(=O)O.N[C@@H](Cc1ccccc1)C(=O)O. The zero-order valence-corrected chi connectivity index (χ0v) is 10.7. The van der Waals surface area contributed by atoms with Crippen LogP contribution in [0.3, 0.4) is 0 Å². The summed E-state index contributed by atoms with van der Waals surface area (Å²) in [7, 11) is 0. The van der Waals surface area contributed by atoms with Crippen molar-refractivity contribution in [3.63, 3.8) is 0 Å². The number of carboxylic acid groups (broad SMARTS) is 2. The number of rotatable bonds is 5. The average molecular weight is 283 g/mol. The van der Waals surface area contributed by atoms with Crippen LogP contribution in [0.5, 0.6) is 0 Å². The van der Waals surface area contributed by atoms with Crippen LogP contribution in [0, 0.1) is 0 Å². The van der Waals surface area contributed by atoms with E-state index in [-0.39, 0.29) is 0 Å². The normalized spacial score (nSPS) is 10.7. The highest BCUT2D eigenvalue weighted by Gasteiger charge is 2.10. The molecule has 20 heavy (non-hydrogen) atoms. The number of benzene rings is 1. The Bertz CT molecular complexity index is 436. The molecule has 2 amide bonds. The van der Waals surface area contributed by atoms with Gasteiger partial charge in [0.15, 0.2) is 0 Å². The molecule has 110 valence electrons. The summed E-state index contributed by atoms with van der Waals surface area (Å²) in [5.41, 5.74) is 10.8. The van der Waals surface area contributed by atoms with E-state index < -0.39 is 30.6 Å². The first-order chi connectivity index (χ1) is 9.32. The van der Waals surface area contributed by atoms with E-state index in [0.717, 1.165) is 5.56 Å². The van der Waals surface area contributed by atoms with Crippen molar-refractivity contribution in [3.05, 3.63) is 35.9 Å². The summed E-state index contributed by atoms with van der Waals surface area (Å²) in [6.07, 6.45) is 0.385. The highest BCUT2D eigenvalue weighted by molar-refractivity contribution is 5.78. The largest absolute Gasteiger partial charge is 0.480 e. The fourth-order valence-corrected chi connectivity index (χ4v) is 1.12. The van der Waals surface area contributed by atoms with Crippen LogP contribution < -0.4 is 16.8 Å². The third-order valence-corrected chi connectivity index (χ3v) is 2.03. The van der Waals surface area contributed by atoms with Crippen molar-refractivity contribution >= 4 is 18.0 Å². The third-order valence-electron chi connectivity index (χ3n) is 2.03. The number of amides is 2. The molecule has 8 nitrogen and oxygen atoms in total. The Balaban J connectivity index is 0.000000396. The molecule has 0 spiro atoms. The second-order valence-corrected chi connectivity index (χ2v) is 3.75. The molecule has 8 heteroatoms. The number of hydrogen-bond donors (Lipinski definition) is 5. The van der Waals surface area contributed by atoms with Gasteiger partial charge >= 0.3 is 18.0 Å². The fraction of sp³-hybridized carbons (Fsp3) is 0.250. The van der Waals surface area contributed by atoms with Crippen LogP contribution in [0.2, 0.25) is 0 Å². The minimum absolute atomic E-state index is 0.385. The lowest BCUT2D eigenvalue weighted by Crippen LogP contribution is -2.33. The lowest BCUT2D eigenvalue weighted by Gasteiger charge is -2.04. The van der Waals surface area contributed by atoms with Gasteiger partial charge < -0.3 is 27.0 Å². The number of hydrogen-bond acceptors (Lipinski definition) is 4. The first-order valence-corrected chi connectivity index (χ1v) is 5.60. The van der Waals surface area contributed by atoms with E-state index in [4.69, 9.17) is 15.9 Å². The molecule has 1 aromatic rings. The summed E-state index contributed by atoms with van der Waals surface area (Å²) in [6, 6.07) is 7.72. The van der Waals surface area contributed by atoms with Crippen LogP contribution in [0.15, 0.2) is 30.3 Å². The molecular formula is C12H17N3O5. The highest BCUT2D eigenvalue weighted by Crippen LogP contribution is 2.01. The summed E-state index contributed by atoms with van der Waals surface area (Å²) in [6.45, 7) is -0.421. The first kappa shape index (κ1) is 17.4. The third kappa shape index (κ3) is 9.42. The topological polar surface area (TPSA) is 156 Å². The van der Waals surface area contributed by atoms with Crippen LogP contribution >= 0.6 is 0 Å². The Morgan fingerprint density at radius 3 is 2.05 bits per heavy atom. The molecule has 0 radical (unpaired) electrons. The fourth-order valence-electron chi connectivity index (χ4n) is 1.12. The number of nitrogens with two attached hydrogens (primary N) is 2. The Hall–Kier alpha value is -2.61. The van der Waals surface area contributed by atoms with Gasteiger partial charge in [0.25, 0.3) is 0 Å². The van der Waals surface area contributed by atoms with Gasteiger partial charge in [-0.3, -0.25) is 9.59 Å². The van der Waals surface area contributed by atoms with Gasteiger partial charge in [0.1, 0.15) is 12.6 Å². The molecule has 0 saturated carbocycles. The monoisotopic (exact) mass is 283 g/mol. The van der Waals surface area contributed by atoms with Crippen molar-refractivity contribution in [2.45, 2.75) is 12.5 Å². The standard InChI is InChI=1S/C9H11NO2.C3H6N2O3/c10-8(9(11)12)6-7-4-2-1-3-5-7;4-3(8)5-1-2(6)7/h1-5,8H,6,10H2,(H,11,12);1H2,(H,6,7)(H3,4,5,8)/t8-;/m0./s1. The van der Waals surface area contributed by atoms with E-state index in [9.17, 15) is 14.4 Å². The summed E-state index contributed by atoms with van der Waals surface area (Å²) in [4.78, 5) is 29.8. The molecule has 1 rings (SSSR count). The van der Waals surface area contributed by atoms with Crippen molar-refractivity contribution in [2.75, 3.05) is 6.54 Å². The Kier molecular flexibility index (Phi) is 8.12. The average Bonchev–Trinajstić information content (AvgIpc) is 2.38. The Morgan fingerprint density at radius 1 is 1.15 bits per heavy atom. The quantitative estimate of drug-likeness (QED) is 0.485. The zero-order chi connectivity index (χ0) is 15.5. The van der Waals surface area contributed by atoms with Gasteiger partial charge in [-0.25, -0.2) is 4.79 Å². The number of aliphatic carboxylic acids is 2. The van der Waals surface area contributed by atoms with Gasteiger partial charge in [-0.1, -0.05) is 30.3 Å². The number of primary amides is 1. The maximum atomic E-state index is 10.4. The van der Waals surface area contributed by atoms with Crippen molar-refractivity contribution < 1.29 is 24.6 Å². The van der Waals surface area contributed by atoms with E-state index in [0.29, 0.717) is 6.42 Å². The number of urea groups is 1. The molecule has 1 atom stereocenters. The van der Waals surface area contributed by atoms with Crippen LogP contribution in [-0.4, -0.2) is 40.8 Å². The Labute approximate surface area is 115 Å². The minimum atomic E-state index is -1.11. The molecule has 0 aliphatic heterocycles. The number of nitrogens with one attached hydrogen (secondary N) is 1. The second kappa shape index (κ2) is 9.34. The first-order valence-electron chi connectivity index (χ1n) is 5.60. The van der Waals surface area contributed by atoms with E-state index in [1.165, 1.54) is 0 Å². The summed E-state index contributed by atoms with van der Waals surface area (Å²) in [5.74, 6) is -2.07. The van der Waals surface area contributed by atoms with Gasteiger partial charge in [-0.2, -0.15) is 0 Å². The van der Waals surface area contributed by atoms with E-state index in [1.54, 1.807) is 0 Å². The number of carbonyl (C=O) groups excluding carboxylic acids is 1. The molecule has 1 aromatic carbocycles. The van der Waals surface area contributed by atoms with Gasteiger partial charge in [-0.15, -0.1) is 0 Å². The molecule has 0 aromatic heterocycles. The lowest BCUT2D eigenvalue weighted by molar-refractivity contribution is -0.138. The Morgan fingerprint density at radius 2 is 1.70 bits per heavy atom. The van der Waals surface area contributed by atoms with Crippen LogP contribution in [0.1, 0.15) is 5.56 Å². The summed E-state index contributed by atoms with van der Waals surface area (Å²) in [5, 5.41) is 18.3. The van der Waals surface area contributed by atoms with Gasteiger partial charge in [0.2, 0.25) is 0 Å². The van der Waals surface area contributed by atoms with Crippen LogP contribution in [0.4, 0.5) is 4.79 Å². The smallest absolute Gasteiger partial charge is 0.323 e. The molecular weight excluding hydrogens is 266 g/mol. The predicted octanol–water partition coefficient (Wildman–Crippen LogP) is -0.620. The van der Waals surface area contributed by atoms with Crippen molar-refractivity contribution in [2.24, 2.45) is 11.5 Å².